The second kappa shape index (κ2) is 10.4. The van der Waals surface area contributed by atoms with Gasteiger partial charge in [-0.2, -0.15) is 0 Å². The van der Waals surface area contributed by atoms with Crippen LogP contribution in [0, 0.1) is 0 Å². The summed E-state index contributed by atoms with van der Waals surface area (Å²) in [6.07, 6.45) is 0. The molecular weight excluding hydrogens is 544 g/mol. The fourth-order valence-electron chi connectivity index (χ4n) is 6.67. The van der Waals surface area contributed by atoms with Crippen molar-refractivity contribution in [3.63, 3.8) is 0 Å². The van der Waals surface area contributed by atoms with E-state index in [1.54, 1.807) is 0 Å². The van der Waals surface area contributed by atoms with E-state index in [0.29, 0.717) is 27.6 Å². The molecule has 1 nitrogen and oxygen atoms in total. The maximum Gasteiger partial charge on any atom is 0.143 e. The average molecular weight is 579 g/mol. The lowest BCUT2D eigenvalue weighted by Crippen LogP contribution is -1.91. The third kappa shape index (κ3) is 4.09. The van der Waals surface area contributed by atoms with Gasteiger partial charge in [0.05, 0.1) is 8.22 Å². The van der Waals surface area contributed by atoms with E-state index in [4.69, 9.17) is 11.3 Å². The van der Waals surface area contributed by atoms with E-state index >= 15 is 0 Å². The van der Waals surface area contributed by atoms with Crippen LogP contribution in [0.1, 0.15) is 8.22 Å². The Hall–Kier alpha value is -5.92. The first-order valence-electron chi connectivity index (χ1n) is 18.0. The molecule has 0 aliphatic heterocycles. The van der Waals surface area contributed by atoms with Crippen LogP contribution in [0.25, 0.3) is 88.0 Å². The highest BCUT2D eigenvalue weighted by atomic mass is 16.3. The van der Waals surface area contributed by atoms with Crippen LogP contribution in [0.4, 0.5) is 0 Å². The van der Waals surface area contributed by atoms with Gasteiger partial charge < -0.3 is 4.42 Å². The lowest BCUT2D eigenvalue weighted by Gasteiger charge is -2.18. The molecule has 0 atom stereocenters. The maximum atomic E-state index is 9.45. The minimum atomic E-state index is -0.297. The van der Waals surface area contributed by atoms with E-state index in [2.05, 4.69) is 48.5 Å². The van der Waals surface area contributed by atoms with Crippen LogP contribution in [0.5, 0.6) is 0 Å². The van der Waals surface area contributed by atoms with E-state index < -0.39 is 0 Å². The molecule has 9 aromatic rings. The average Bonchev–Trinajstić information content (AvgIpc) is 3.57. The molecule has 0 spiro atoms. The molecule has 0 aliphatic rings. The zero-order valence-electron chi connectivity index (χ0n) is 30.1. The zero-order valence-corrected chi connectivity index (χ0v) is 24.1. The SMILES string of the molecule is [2H]c1c([2H])c(-c2c3ccccc3c(-c3cccc(-c4ccccc4)c3)c3ccccc23)c2c(oc3c(-c4ccccc4)c([2H])c([2H])c([2H])c32)c1[2H]. The second-order valence-corrected chi connectivity index (χ2v) is 11.2. The van der Waals surface area contributed by atoms with Crippen molar-refractivity contribution >= 4 is 43.5 Å². The van der Waals surface area contributed by atoms with Gasteiger partial charge in [-0.15, -0.1) is 0 Å². The first-order valence-corrected chi connectivity index (χ1v) is 15.0. The fourth-order valence-corrected chi connectivity index (χ4v) is 6.67. The first-order chi connectivity index (χ1) is 24.8. The molecule has 9 rings (SSSR count). The third-order valence-corrected chi connectivity index (χ3v) is 8.63. The summed E-state index contributed by atoms with van der Waals surface area (Å²) in [5.41, 5.74) is 6.57. The van der Waals surface area contributed by atoms with Crippen molar-refractivity contribution in [1.82, 2.24) is 0 Å². The number of rotatable bonds is 4. The Balaban J connectivity index is 1.45. The number of hydrogen-bond donors (Lipinski definition) is 0. The van der Waals surface area contributed by atoms with Gasteiger partial charge in [-0.1, -0.05) is 158 Å². The van der Waals surface area contributed by atoms with Crippen molar-refractivity contribution in [3.05, 3.63) is 170 Å². The van der Waals surface area contributed by atoms with Crippen molar-refractivity contribution < 1.29 is 12.6 Å². The van der Waals surface area contributed by atoms with Gasteiger partial charge in [0, 0.05) is 16.3 Å². The van der Waals surface area contributed by atoms with Crippen LogP contribution in [-0.4, -0.2) is 0 Å². The van der Waals surface area contributed by atoms with Crippen LogP contribution >= 0.6 is 0 Å². The Kier molecular flexibility index (Phi) is 4.63. The number of hydrogen-bond acceptors (Lipinski definition) is 1. The topological polar surface area (TPSA) is 13.1 Å². The quantitative estimate of drug-likeness (QED) is 0.189. The van der Waals surface area contributed by atoms with E-state index in [1.165, 1.54) is 0 Å². The smallest absolute Gasteiger partial charge is 0.143 e. The van der Waals surface area contributed by atoms with Crippen LogP contribution < -0.4 is 0 Å². The Labute approximate surface area is 270 Å². The van der Waals surface area contributed by atoms with Crippen LogP contribution in [0.15, 0.2) is 174 Å². The van der Waals surface area contributed by atoms with E-state index in [0.717, 1.165) is 43.8 Å². The van der Waals surface area contributed by atoms with E-state index in [9.17, 15) is 1.37 Å². The number of fused-ring (bicyclic) bond motifs is 5. The van der Waals surface area contributed by atoms with Crippen molar-refractivity contribution in [1.29, 1.82) is 0 Å². The van der Waals surface area contributed by atoms with Gasteiger partial charge in [-0.3, -0.25) is 0 Å². The molecule has 45 heavy (non-hydrogen) atoms. The second-order valence-electron chi connectivity index (χ2n) is 11.2. The molecular formula is C44H28O. The molecule has 0 unspecified atom stereocenters. The summed E-state index contributed by atoms with van der Waals surface area (Å²) in [4.78, 5) is 0. The Morgan fingerprint density at radius 1 is 0.400 bits per heavy atom. The minimum Gasteiger partial charge on any atom is -0.455 e. The molecule has 0 fully saturated rings. The molecule has 1 heteroatoms. The molecule has 1 aromatic heterocycles. The van der Waals surface area contributed by atoms with Gasteiger partial charge in [-0.25, -0.2) is 0 Å². The van der Waals surface area contributed by atoms with Crippen LogP contribution in [0.3, 0.4) is 0 Å². The Morgan fingerprint density at radius 2 is 0.933 bits per heavy atom. The summed E-state index contributed by atoms with van der Waals surface area (Å²) in [6, 6.07) is 42.6. The largest absolute Gasteiger partial charge is 0.455 e. The molecule has 0 bridgehead atoms. The van der Waals surface area contributed by atoms with E-state index in [-0.39, 0.29) is 52.8 Å². The van der Waals surface area contributed by atoms with Gasteiger partial charge >= 0.3 is 0 Å². The zero-order chi connectivity index (χ0) is 35.0. The Bertz CT molecular complexity index is 2800. The van der Waals surface area contributed by atoms with Crippen molar-refractivity contribution in [2.75, 3.05) is 0 Å². The van der Waals surface area contributed by atoms with Gasteiger partial charge in [0.1, 0.15) is 11.2 Å². The van der Waals surface area contributed by atoms with Gasteiger partial charge in [0.2, 0.25) is 0 Å². The fraction of sp³-hybridized carbons (Fsp3) is 0. The monoisotopic (exact) mass is 578 g/mol. The van der Waals surface area contributed by atoms with Crippen molar-refractivity contribution in [2.24, 2.45) is 0 Å². The first kappa shape index (κ1) is 20.1. The minimum absolute atomic E-state index is 0.0597. The molecule has 210 valence electrons. The van der Waals surface area contributed by atoms with Gasteiger partial charge in [0.25, 0.3) is 0 Å². The summed E-state index contributed by atoms with van der Waals surface area (Å²) in [5.74, 6) is 0. The maximum absolute atomic E-state index is 9.45. The third-order valence-electron chi connectivity index (χ3n) is 8.63. The molecule has 0 amide bonds. The predicted molar refractivity (Wildman–Crippen MR) is 190 cm³/mol. The normalized spacial score (nSPS) is 13.4. The lowest BCUT2D eigenvalue weighted by atomic mass is 9.84. The molecule has 0 aliphatic carbocycles. The lowest BCUT2D eigenvalue weighted by molar-refractivity contribution is 0.670. The predicted octanol–water partition coefficient (Wildman–Crippen LogP) is 12.6. The molecule has 0 saturated carbocycles. The highest BCUT2D eigenvalue weighted by molar-refractivity contribution is 6.26. The molecule has 0 N–H and O–H groups in total. The molecule has 0 radical (unpaired) electrons. The summed E-state index contributed by atoms with van der Waals surface area (Å²) >= 11 is 0. The Morgan fingerprint density at radius 3 is 1.62 bits per heavy atom. The number of para-hydroxylation sites is 1. The van der Waals surface area contributed by atoms with Gasteiger partial charge in [0.15, 0.2) is 0 Å². The molecule has 8 aromatic carbocycles. The summed E-state index contributed by atoms with van der Waals surface area (Å²) in [5, 5.41) is 4.18. The van der Waals surface area contributed by atoms with Crippen LogP contribution in [0.2, 0.25) is 0 Å². The highest BCUT2D eigenvalue weighted by Crippen LogP contribution is 2.47. The number of furan rings is 1. The molecule has 0 saturated heterocycles. The highest BCUT2D eigenvalue weighted by Gasteiger charge is 2.21. The van der Waals surface area contributed by atoms with Crippen molar-refractivity contribution in [3.8, 4) is 44.5 Å². The van der Waals surface area contributed by atoms with Gasteiger partial charge in [-0.05, 0) is 72.6 Å². The number of benzene rings is 8. The standard InChI is InChI=1S/C44H28O/c1-3-14-29(15-4-1)31-18-11-19-32(28-31)41-34-20-7-9-22-36(34)42(37-23-10-8-21-35(37)41)38-25-13-27-40-43(38)39-26-12-24-33(44(39)45-40)30-16-5-2-6-17-30/h1-28H/i12D,13D,24D,25D,26D,27D. The summed E-state index contributed by atoms with van der Waals surface area (Å²) in [6.45, 7) is 0. The molecule has 1 heterocycles. The van der Waals surface area contributed by atoms with E-state index in [1.807, 2.05) is 84.9 Å². The summed E-state index contributed by atoms with van der Waals surface area (Å²) in [7, 11) is 0. The van der Waals surface area contributed by atoms with Crippen molar-refractivity contribution in [2.45, 2.75) is 0 Å². The van der Waals surface area contributed by atoms with Crippen LogP contribution in [-0.2, 0) is 0 Å². The summed E-state index contributed by atoms with van der Waals surface area (Å²) < 4.78 is 60.8.